The normalized spacial score (nSPS) is 31.2. The van der Waals surface area contributed by atoms with Crippen molar-refractivity contribution in [2.75, 3.05) is 13.7 Å². The molecule has 0 radical (unpaired) electrons. The van der Waals surface area contributed by atoms with Gasteiger partial charge < -0.3 is 15.8 Å². The van der Waals surface area contributed by atoms with Crippen molar-refractivity contribution in [3.63, 3.8) is 0 Å². The van der Waals surface area contributed by atoms with E-state index < -0.39 is 5.54 Å². The summed E-state index contributed by atoms with van der Waals surface area (Å²) >= 11 is 0. The lowest BCUT2D eigenvalue weighted by Crippen LogP contribution is -2.57. The maximum absolute atomic E-state index is 11.8. The van der Waals surface area contributed by atoms with Crippen molar-refractivity contribution >= 4 is 5.91 Å². The summed E-state index contributed by atoms with van der Waals surface area (Å²) in [6.07, 6.45) is 4.36. The molecule has 0 bridgehead atoms. The van der Waals surface area contributed by atoms with E-state index in [1.54, 1.807) is 0 Å². The van der Waals surface area contributed by atoms with Gasteiger partial charge in [0, 0.05) is 24.7 Å². The molecule has 1 aliphatic heterocycles. The number of hydrogen-bond donors (Lipinski definition) is 2. The first kappa shape index (κ1) is 15.7. The molecular weight excluding hydrogens is 254 g/mol. The Kier molecular flexibility index (Phi) is 4.72. The lowest BCUT2D eigenvalue weighted by atomic mass is 9.91. The molecule has 1 saturated carbocycles. The molecule has 5 heteroatoms. The summed E-state index contributed by atoms with van der Waals surface area (Å²) in [5, 5.41) is 3.42. The molecule has 2 fully saturated rings. The average molecular weight is 283 g/mol. The Morgan fingerprint density at radius 3 is 2.60 bits per heavy atom. The number of rotatable bonds is 7. The number of carbonyl (C=O) groups is 1. The van der Waals surface area contributed by atoms with E-state index in [2.05, 4.69) is 31.1 Å². The maximum Gasteiger partial charge on any atom is 0.237 e. The van der Waals surface area contributed by atoms with Crippen molar-refractivity contribution in [1.29, 1.82) is 0 Å². The van der Waals surface area contributed by atoms with Crippen LogP contribution in [0.1, 0.15) is 46.5 Å². The predicted molar refractivity (Wildman–Crippen MR) is 79.4 cm³/mol. The monoisotopic (exact) mass is 283 g/mol. The van der Waals surface area contributed by atoms with Crippen LogP contribution in [0.15, 0.2) is 0 Å². The van der Waals surface area contributed by atoms with E-state index in [1.165, 1.54) is 0 Å². The van der Waals surface area contributed by atoms with Crippen LogP contribution in [0.3, 0.4) is 0 Å². The number of primary amides is 1. The fraction of sp³-hybridized carbons (Fsp3) is 0.933. The molecule has 2 rings (SSSR count). The Morgan fingerprint density at radius 1 is 1.50 bits per heavy atom. The average Bonchev–Trinajstić information content (AvgIpc) is 3.07. The maximum atomic E-state index is 11.8. The zero-order valence-corrected chi connectivity index (χ0v) is 13.2. The van der Waals surface area contributed by atoms with Gasteiger partial charge in [-0.3, -0.25) is 9.69 Å². The molecule has 1 heterocycles. The molecule has 1 amide bonds. The molecule has 0 aromatic rings. The minimum Gasteiger partial charge on any atom is -0.377 e. The molecule has 0 spiro atoms. The van der Waals surface area contributed by atoms with Crippen molar-refractivity contribution in [2.45, 2.75) is 76.2 Å². The lowest BCUT2D eigenvalue weighted by molar-refractivity contribution is -0.124. The topological polar surface area (TPSA) is 67.6 Å². The third kappa shape index (κ3) is 3.51. The first-order valence-corrected chi connectivity index (χ1v) is 7.74. The minimum absolute atomic E-state index is 0.250. The van der Waals surface area contributed by atoms with Gasteiger partial charge in [-0.25, -0.2) is 0 Å². The van der Waals surface area contributed by atoms with Crippen LogP contribution < -0.4 is 11.1 Å². The number of likely N-dealkylation sites (N-methyl/N-ethyl adjacent to an activating group) is 1. The zero-order valence-electron chi connectivity index (χ0n) is 13.2. The molecular formula is C15H29N3O2. The Labute approximate surface area is 122 Å². The van der Waals surface area contributed by atoms with Gasteiger partial charge in [0.15, 0.2) is 0 Å². The molecule has 116 valence electrons. The second kappa shape index (κ2) is 6.00. The van der Waals surface area contributed by atoms with Crippen molar-refractivity contribution in [2.24, 2.45) is 5.73 Å². The first-order valence-electron chi connectivity index (χ1n) is 7.74. The predicted octanol–water partition coefficient (Wildman–Crippen LogP) is 0.870. The van der Waals surface area contributed by atoms with E-state index in [1.807, 2.05) is 6.92 Å². The van der Waals surface area contributed by atoms with E-state index in [-0.39, 0.29) is 18.1 Å². The highest BCUT2D eigenvalue weighted by Crippen LogP contribution is 2.27. The van der Waals surface area contributed by atoms with Gasteiger partial charge in [0.05, 0.1) is 11.6 Å². The summed E-state index contributed by atoms with van der Waals surface area (Å²) in [5.41, 5.74) is 5.02. The highest BCUT2D eigenvalue weighted by molar-refractivity contribution is 5.84. The number of hydrogen-bond acceptors (Lipinski definition) is 4. The van der Waals surface area contributed by atoms with Crippen molar-refractivity contribution in [1.82, 2.24) is 10.2 Å². The second-order valence-electron chi connectivity index (χ2n) is 6.77. The summed E-state index contributed by atoms with van der Waals surface area (Å²) < 4.78 is 5.64. The third-order valence-corrected chi connectivity index (χ3v) is 4.90. The van der Waals surface area contributed by atoms with Gasteiger partial charge in [-0.2, -0.15) is 0 Å². The number of nitrogens with one attached hydrogen (secondary N) is 1. The summed E-state index contributed by atoms with van der Waals surface area (Å²) in [5.74, 6) is -0.250. The van der Waals surface area contributed by atoms with Gasteiger partial charge in [0.1, 0.15) is 0 Å². The van der Waals surface area contributed by atoms with Crippen molar-refractivity contribution in [3.8, 4) is 0 Å². The van der Waals surface area contributed by atoms with Crippen LogP contribution in [0, 0.1) is 0 Å². The van der Waals surface area contributed by atoms with E-state index in [4.69, 9.17) is 10.5 Å². The Bertz CT molecular complexity index is 359. The molecule has 20 heavy (non-hydrogen) atoms. The van der Waals surface area contributed by atoms with Gasteiger partial charge in [0.2, 0.25) is 5.91 Å². The Hall–Kier alpha value is -0.650. The number of amides is 1. The Morgan fingerprint density at radius 2 is 2.15 bits per heavy atom. The van der Waals surface area contributed by atoms with E-state index >= 15 is 0 Å². The summed E-state index contributed by atoms with van der Waals surface area (Å²) in [7, 11) is 2.12. The lowest BCUT2D eigenvalue weighted by Gasteiger charge is -2.37. The molecule has 2 aliphatic rings. The van der Waals surface area contributed by atoms with Crippen LogP contribution in [0.5, 0.6) is 0 Å². The number of carbonyl (C=O) groups excluding carboxylic acids is 1. The minimum atomic E-state index is -0.614. The number of nitrogens with two attached hydrogens (primary N) is 1. The fourth-order valence-corrected chi connectivity index (χ4v) is 3.23. The van der Waals surface area contributed by atoms with E-state index in [0.29, 0.717) is 12.1 Å². The molecule has 5 nitrogen and oxygen atoms in total. The summed E-state index contributed by atoms with van der Waals surface area (Å²) in [6.45, 7) is 7.06. The van der Waals surface area contributed by atoms with Crippen LogP contribution in [-0.2, 0) is 9.53 Å². The SMILES string of the molecule is CC1OCCC1N(C)C(C)CC(C)(NC1CC1)C(N)=O. The van der Waals surface area contributed by atoms with Crippen LogP contribution in [0.25, 0.3) is 0 Å². The highest BCUT2D eigenvalue weighted by Gasteiger charge is 2.40. The van der Waals surface area contributed by atoms with Crippen molar-refractivity contribution in [3.05, 3.63) is 0 Å². The molecule has 1 saturated heterocycles. The fourth-order valence-electron chi connectivity index (χ4n) is 3.23. The quantitative estimate of drug-likeness (QED) is 0.727. The van der Waals surface area contributed by atoms with Gasteiger partial charge in [-0.1, -0.05) is 0 Å². The summed E-state index contributed by atoms with van der Waals surface area (Å²) in [6, 6.07) is 1.19. The van der Waals surface area contributed by atoms with Crippen molar-refractivity contribution < 1.29 is 9.53 Å². The Balaban J connectivity index is 1.96. The summed E-state index contributed by atoms with van der Waals surface area (Å²) in [4.78, 5) is 14.2. The largest absolute Gasteiger partial charge is 0.377 e. The smallest absolute Gasteiger partial charge is 0.237 e. The molecule has 1 aliphatic carbocycles. The molecule has 3 N–H and O–H groups in total. The molecule has 4 atom stereocenters. The standard InChI is InChI=1S/C15H29N3O2/c1-10(18(4)13-7-8-20-11(13)2)9-15(3,14(16)19)17-12-5-6-12/h10-13,17H,5-9H2,1-4H3,(H2,16,19). The zero-order chi connectivity index (χ0) is 14.9. The van der Waals surface area contributed by atoms with Crippen LogP contribution in [0.4, 0.5) is 0 Å². The second-order valence-corrected chi connectivity index (χ2v) is 6.77. The highest BCUT2D eigenvalue weighted by atomic mass is 16.5. The van der Waals surface area contributed by atoms with Crippen LogP contribution in [-0.4, -0.2) is 54.2 Å². The number of nitrogens with zero attached hydrogens (tertiary/aromatic N) is 1. The van der Waals surface area contributed by atoms with Gasteiger partial charge in [-0.15, -0.1) is 0 Å². The molecule has 0 aromatic heterocycles. The van der Waals surface area contributed by atoms with Crippen LogP contribution >= 0.6 is 0 Å². The van der Waals surface area contributed by atoms with Gasteiger partial charge in [-0.05, 0) is 53.5 Å². The van der Waals surface area contributed by atoms with Crippen LogP contribution in [0.2, 0.25) is 0 Å². The first-order chi connectivity index (χ1) is 9.33. The van der Waals surface area contributed by atoms with Gasteiger partial charge >= 0.3 is 0 Å². The molecule has 0 aromatic carbocycles. The van der Waals surface area contributed by atoms with Gasteiger partial charge in [0.25, 0.3) is 0 Å². The van der Waals surface area contributed by atoms with E-state index in [0.717, 1.165) is 32.3 Å². The molecule has 4 unspecified atom stereocenters. The van der Waals surface area contributed by atoms with E-state index in [9.17, 15) is 4.79 Å². The third-order valence-electron chi connectivity index (χ3n) is 4.90. The number of ether oxygens (including phenoxy) is 1.